The predicted molar refractivity (Wildman–Crippen MR) is 123 cm³/mol. The highest BCUT2D eigenvalue weighted by Gasteiger charge is 2.12. The van der Waals surface area contributed by atoms with Gasteiger partial charge >= 0.3 is 5.97 Å². The van der Waals surface area contributed by atoms with Gasteiger partial charge in [-0.05, 0) is 55.1 Å². The first-order chi connectivity index (χ1) is 14.4. The SMILES string of the molecule is Cc1ccccc1CC(=O)OCCCCCCNCC(O)c1cc(Cl)c(N)c(Cl)c1. The molecule has 7 heteroatoms. The number of esters is 1. The number of hydrogen-bond donors (Lipinski definition) is 3. The molecule has 0 saturated carbocycles. The Morgan fingerprint density at radius 3 is 2.50 bits per heavy atom. The minimum Gasteiger partial charge on any atom is -0.465 e. The highest BCUT2D eigenvalue weighted by atomic mass is 35.5. The second-order valence-electron chi connectivity index (χ2n) is 7.36. The number of carbonyl (C=O) groups is 1. The number of nitrogens with two attached hydrogens (primary N) is 1. The fourth-order valence-corrected chi connectivity index (χ4v) is 3.56. The quantitative estimate of drug-likeness (QED) is 0.243. The molecule has 5 nitrogen and oxygen atoms in total. The summed E-state index contributed by atoms with van der Waals surface area (Å²) in [5.41, 5.74) is 8.79. The third kappa shape index (κ3) is 8.15. The molecule has 0 spiro atoms. The Morgan fingerprint density at radius 2 is 1.80 bits per heavy atom. The van der Waals surface area contributed by atoms with E-state index in [1.807, 2.05) is 31.2 Å². The molecule has 0 fully saturated rings. The van der Waals surface area contributed by atoms with E-state index >= 15 is 0 Å². The maximum absolute atomic E-state index is 11.9. The summed E-state index contributed by atoms with van der Waals surface area (Å²) in [5, 5.41) is 14.2. The summed E-state index contributed by atoms with van der Waals surface area (Å²) >= 11 is 12.0. The molecule has 0 aromatic heterocycles. The van der Waals surface area contributed by atoms with E-state index in [-0.39, 0.29) is 5.97 Å². The highest BCUT2D eigenvalue weighted by Crippen LogP contribution is 2.31. The Balaban J connectivity index is 1.51. The molecule has 2 aromatic carbocycles. The first-order valence-corrected chi connectivity index (χ1v) is 11.0. The summed E-state index contributed by atoms with van der Waals surface area (Å²) in [6.45, 7) is 3.65. The molecule has 0 amide bonds. The van der Waals surface area contributed by atoms with Gasteiger partial charge in [-0.2, -0.15) is 0 Å². The Labute approximate surface area is 188 Å². The zero-order chi connectivity index (χ0) is 21.9. The van der Waals surface area contributed by atoms with Crippen molar-refractivity contribution in [1.82, 2.24) is 5.32 Å². The molecule has 4 N–H and O–H groups in total. The second kappa shape index (κ2) is 12.8. The van der Waals surface area contributed by atoms with E-state index in [9.17, 15) is 9.90 Å². The molecule has 2 rings (SSSR count). The fraction of sp³-hybridized carbons (Fsp3) is 0.435. The standard InChI is InChI=1S/C23H30Cl2N2O3/c1-16-8-4-5-9-17(16)14-22(29)30-11-7-3-2-6-10-27-15-21(28)18-12-19(24)23(26)20(25)13-18/h4-5,8-9,12-13,21,27-28H,2-3,6-7,10-11,14-15,26H2,1H3. The van der Waals surface area contributed by atoms with Crippen LogP contribution in [0, 0.1) is 6.92 Å². The number of ether oxygens (including phenoxy) is 1. The minimum atomic E-state index is -0.701. The summed E-state index contributed by atoms with van der Waals surface area (Å²) < 4.78 is 5.32. The van der Waals surface area contributed by atoms with Crippen molar-refractivity contribution in [2.45, 2.75) is 45.1 Å². The summed E-state index contributed by atoms with van der Waals surface area (Å²) in [6, 6.07) is 11.1. The molecule has 0 aliphatic carbocycles. The lowest BCUT2D eigenvalue weighted by molar-refractivity contribution is -0.142. The van der Waals surface area contributed by atoms with Crippen molar-refractivity contribution >= 4 is 34.9 Å². The van der Waals surface area contributed by atoms with Gasteiger partial charge in [0, 0.05) is 6.54 Å². The first-order valence-electron chi connectivity index (χ1n) is 10.2. The normalized spacial score (nSPS) is 12.0. The summed E-state index contributed by atoms with van der Waals surface area (Å²) in [6.07, 6.45) is 3.47. The van der Waals surface area contributed by atoms with Crippen molar-refractivity contribution in [3.05, 3.63) is 63.1 Å². The van der Waals surface area contributed by atoms with Gasteiger partial charge in [0.25, 0.3) is 0 Å². The minimum absolute atomic E-state index is 0.178. The van der Waals surface area contributed by atoms with Crippen LogP contribution in [-0.2, 0) is 16.0 Å². The maximum Gasteiger partial charge on any atom is 0.310 e. The summed E-state index contributed by atoms with van der Waals surface area (Å²) in [7, 11) is 0. The maximum atomic E-state index is 11.9. The van der Waals surface area contributed by atoms with Crippen LogP contribution >= 0.6 is 23.2 Å². The third-order valence-electron chi connectivity index (χ3n) is 4.93. The van der Waals surface area contributed by atoms with Gasteiger partial charge < -0.3 is 20.9 Å². The topological polar surface area (TPSA) is 84.6 Å². The lowest BCUT2D eigenvalue weighted by atomic mass is 10.1. The second-order valence-corrected chi connectivity index (χ2v) is 8.17. The van der Waals surface area contributed by atoms with E-state index in [0.29, 0.717) is 40.9 Å². The lowest BCUT2D eigenvalue weighted by Gasteiger charge is -2.14. The van der Waals surface area contributed by atoms with Gasteiger partial charge in [-0.1, -0.05) is 60.3 Å². The van der Waals surface area contributed by atoms with E-state index < -0.39 is 6.10 Å². The Hall–Kier alpha value is -1.79. The number of anilines is 1. The van der Waals surface area contributed by atoms with Crippen molar-refractivity contribution in [2.75, 3.05) is 25.4 Å². The number of aryl methyl sites for hydroxylation is 1. The Morgan fingerprint density at radius 1 is 1.13 bits per heavy atom. The van der Waals surface area contributed by atoms with Crippen molar-refractivity contribution < 1.29 is 14.6 Å². The molecule has 2 aromatic rings. The van der Waals surface area contributed by atoms with E-state index in [1.54, 1.807) is 12.1 Å². The monoisotopic (exact) mass is 452 g/mol. The third-order valence-corrected chi connectivity index (χ3v) is 5.56. The zero-order valence-corrected chi connectivity index (χ0v) is 18.8. The van der Waals surface area contributed by atoms with Gasteiger partial charge in [-0.25, -0.2) is 0 Å². The summed E-state index contributed by atoms with van der Waals surface area (Å²) in [4.78, 5) is 11.9. The van der Waals surface area contributed by atoms with Crippen LogP contribution in [0.1, 0.15) is 48.5 Å². The molecule has 0 aliphatic heterocycles. The van der Waals surface area contributed by atoms with Crippen molar-refractivity contribution in [2.24, 2.45) is 0 Å². The molecule has 0 heterocycles. The number of aliphatic hydroxyl groups excluding tert-OH is 1. The van der Waals surface area contributed by atoms with Gasteiger partial charge in [0.15, 0.2) is 0 Å². The number of halogens is 2. The fourth-order valence-electron chi connectivity index (χ4n) is 3.06. The number of aliphatic hydroxyl groups is 1. The molecule has 30 heavy (non-hydrogen) atoms. The molecule has 164 valence electrons. The van der Waals surface area contributed by atoms with Gasteiger partial charge in [0.1, 0.15) is 0 Å². The van der Waals surface area contributed by atoms with Crippen LogP contribution in [0.2, 0.25) is 10.0 Å². The smallest absolute Gasteiger partial charge is 0.310 e. The Kier molecular flexibility index (Phi) is 10.4. The molecule has 0 bridgehead atoms. The van der Waals surface area contributed by atoms with E-state index in [4.69, 9.17) is 33.7 Å². The first kappa shape index (κ1) is 24.5. The number of nitrogens with one attached hydrogen (secondary N) is 1. The van der Waals surface area contributed by atoms with Gasteiger partial charge in [0.2, 0.25) is 0 Å². The van der Waals surface area contributed by atoms with E-state index in [1.165, 1.54) is 0 Å². The lowest BCUT2D eigenvalue weighted by Crippen LogP contribution is -2.22. The molecule has 1 atom stereocenters. The number of nitrogen functional groups attached to an aromatic ring is 1. The zero-order valence-electron chi connectivity index (χ0n) is 17.3. The van der Waals surface area contributed by atoms with Crippen LogP contribution < -0.4 is 11.1 Å². The van der Waals surface area contributed by atoms with Crippen LogP contribution in [-0.4, -0.2) is 30.8 Å². The average molecular weight is 453 g/mol. The molecule has 0 radical (unpaired) electrons. The van der Waals surface area contributed by atoms with Crippen LogP contribution in [0.5, 0.6) is 0 Å². The van der Waals surface area contributed by atoms with Gasteiger partial charge in [-0.3, -0.25) is 4.79 Å². The number of benzene rings is 2. The molecule has 0 aliphatic rings. The van der Waals surface area contributed by atoms with Crippen LogP contribution in [0.3, 0.4) is 0 Å². The summed E-state index contributed by atoms with van der Waals surface area (Å²) in [5.74, 6) is -0.178. The number of rotatable bonds is 12. The highest BCUT2D eigenvalue weighted by molar-refractivity contribution is 6.38. The van der Waals surface area contributed by atoms with Crippen LogP contribution in [0.15, 0.2) is 36.4 Å². The van der Waals surface area contributed by atoms with Crippen LogP contribution in [0.25, 0.3) is 0 Å². The van der Waals surface area contributed by atoms with Gasteiger partial charge in [0.05, 0.1) is 34.9 Å². The van der Waals surface area contributed by atoms with Crippen molar-refractivity contribution in [3.63, 3.8) is 0 Å². The molecular weight excluding hydrogens is 423 g/mol. The average Bonchev–Trinajstić information content (AvgIpc) is 2.71. The van der Waals surface area contributed by atoms with E-state index in [2.05, 4.69) is 5.32 Å². The largest absolute Gasteiger partial charge is 0.465 e. The molecular formula is C23H30Cl2N2O3. The number of unbranched alkanes of at least 4 members (excludes halogenated alkanes) is 3. The Bertz CT molecular complexity index is 807. The van der Waals surface area contributed by atoms with Crippen molar-refractivity contribution in [1.29, 1.82) is 0 Å². The van der Waals surface area contributed by atoms with Gasteiger partial charge in [-0.15, -0.1) is 0 Å². The van der Waals surface area contributed by atoms with Crippen LogP contribution in [0.4, 0.5) is 5.69 Å². The molecule has 1 unspecified atom stereocenters. The molecule has 0 saturated heterocycles. The number of hydrogen-bond acceptors (Lipinski definition) is 5. The van der Waals surface area contributed by atoms with E-state index in [0.717, 1.165) is 43.4 Å². The number of carbonyl (C=O) groups excluding carboxylic acids is 1. The predicted octanol–water partition coefficient (Wildman–Crippen LogP) is 4.85. The van der Waals surface area contributed by atoms with Crippen molar-refractivity contribution in [3.8, 4) is 0 Å².